The molecule has 0 bridgehead atoms. The lowest BCUT2D eigenvalue weighted by Gasteiger charge is -2.36. The number of nitrogens with one attached hydrogen (secondary N) is 1. The summed E-state index contributed by atoms with van der Waals surface area (Å²) >= 11 is 0. The molecule has 2 fully saturated rings. The van der Waals surface area contributed by atoms with Gasteiger partial charge in [-0.25, -0.2) is 4.98 Å². The minimum absolute atomic E-state index is 0.154. The number of fused-ring (bicyclic) bond motifs is 1. The van der Waals surface area contributed by atoms with Gasteiger partial charge >= 0.3 is 5.92 Å². The van der Waals surface area contributed by atoms with Crippen LogP contribution in [0, 0.1) is 17.8 Å². The molecule has 1 aliphatic carbocycles. The smallest absolute Gasteiger partial charge is 0.326 e. The molecule has 1 aromatic carbocycles. The van der Waals surface area contributed by atoms with Crippen LogP contribution in [0.1, 0.15) is 49.0 Å². The minimum atomic E-state index is -3.43. The summed E-state index contributed by atoms with van der Waals surface area (Å²) in [6, 6.07) is 2.86. The van der Waals surface area contributed by atoms with E-state index in [9.17, 15) is 18.4 Å². The Morgan fingerprint density at radius 3 is 2.61 bits per heavy atom. The van der Waals surface area contributed by atoms with Crippen LogP contribution in [0.3, 0.4) is 0 Å². The molecule has 2 aromatic rings. The van der Waals surface area contributed by atoms with Gasteiger partial charge in [0.1, 0.15) is 12.4 Å². The van der Waals surface area contributed by atoms with Crippen molar-refractivity contribution in [2.24, 2.45) is 11.7 Å². The predicted octanol–water partition coefficient (Wildman–Crippen LogP) is 2.72. The van der Waals surface area contributed by atoms with Crippen LogP contribution in [-0.2, 0) is 4.79 Å². The second kappa shape index (κ2) is 9.90. The molecule has 1 saturated heterocycles. The number of nitrogens with zero attached hydrogens (tertiary/aromatic N) is 2. The average Bonchev–Trinajstić information content (AvgIpc) is 3.01. The minimum Gasteiger partial charge on any atom is -0.490 e. The van der Waals surface area contributed by atoms with Crippen molar-refractivity contribution in [2.45, 2.75) is 57.2 Å². The zero-order valence-corrected chi connectivity index (χ0v) is 20.7. The maximum Gasteiger partial charge on any atom is 0.326 e. The highest BCUT2D eigenvalue weighted by Crippen LogP contribution is 2.35. The highest BCUT2D eigenvalue weighted by molar-refractivity contribution is 6.03. The Kier molecular flexibility index (Phi) is 7.05. The third kappa shape index (κ3) is 5.36. The topological polar surface area (TPSA) is 107 Å². The first-order chi connectivity index (χ1) is 16.9. The molecule has 1 saturated carbocycles. The van der Waals surface area contributed by atoms with E-state index in [4.69, 9.17) is 15.2 Å². The fraction of sp³-hybridized carbons (Fsp3) is 0.500. The van der Waals surface area contributed by atoms with Gasteiger partial charge in [-0.05, 0) is 52.9 Å². The first-order valence-electron chi connectivity index (χ1n) is 11.9. The second-order valence-corrected chi connectivity index (χ2v) is 9.85. The number of halogens is 2. The second-order valence-electron chi connectivity index (χ2n) is 9.85. The van der Waals surface area contributed by atoms with E-state index >= 15 is 0 Å². The molecular weight excluding hydrogens is 470 g/mol. The van der Waals surface area contributed by atoms with Gasteiger partial charge in [-0.3, -0.25) is 9.59 Å². The van der Waals surface area contributed by atoms with E-state index in [1.807, 2.05) is 27.9 Å². The Balaban J connectivity index is 1.69. The molecule has 1 atom stereocenters. The fourth-order valence-corrected chi connectivity index (χ4v) is 4.33. The molecule has 8 nitrogen and oxygen atoms in total. The largest absolute Gasteiger partial charge is 0.490 e. The lowest BCUT2D eigenvalue weighted by molar-refractivity contribution is -0.139. The number of primary amides is 1. The number of ether oxygens (including phenoxy) is 2. The van der Waals surface area contributed by atoms with E-state index in [0.29, 0.717) is 22.4 Å². The number of benzene rings is 1. The highest BCUT2D eigenvalue weighted by atomic mass is 19.3. The summed E-state index contributed by atoms with van der Waals surface area (Å²) in [4.78, 5) is 30.2. The van der Waals surface area contributed by atoms with Crippen LogP contribution in [0.15, 0.2) is 18.3 Å². The Hall–Kier alpha value is -3.45. The number of rotatable bonds is 7. The summed E-state index contributed by atoms with van der Waals surface area (Å²) in [6.07, 6.45) is 2.59. The molecule has 10 heteroatoms. The monoisotopic (exact) mass is 500 g/mol. The lowest BCUT2D eigenvalue weighted by Crippen LogP contribution is -2.39. The van der Waals surface area contributed by atoms with E-state index in [1.54, 1.807) is 12.1 Å². The standard InChI is InChI=1S/C26H30F2N4O4/c1-14(2)36-22-10-20-19(9-21(22)23(29)33)16(6-5-15-7-18(8-15)32(3)4)12-30-24(20)35-13-17-11-26(27,28)25(34)31-17/h9-10,12,14-15,17-18H,7-8,11,13H2,1-4H3,(H2,29,33)(H,31,34). The maximum absolute atomic E-state index is 13.6. The van der Waals surface area contributed by atoms with Gasteiger partial charge in [0, 0.05) is 35.3 Å². The molecule has 2 amide bonds. The van der Waals surface area contributed by atoms with E-state index in [-0.39, 0.29) is 35.8 Å². The summed E-state index contributed by atoms with van der Waals surface area (Å²) in [5.41, 5.74) is 6.41. The number of hydrogen-bond donors (Lipinski definition) is 2. The van der Waals surface area contributed by atoms with Crippen LogP contribution in [0.25, 0.3) is 10.8 Å². The third-order valence-corrected chi connectivity index (χ3v) is 6.43. The Morgan fingerprint density at radius 2 is 2.03 bits per heavy atom. The first-order valence-corrected chi connectivity index (χ1v) is 11.9. The number of carbonyl (C=O) groups excluding carboxylic acids is 2. The zero-order valence-electron chi connectivity index (χ0n) is 20.7. The fourth-order valence-electron chi connectivity index (χ4n) is 4.33. The van der Waals surface area contributed by atoms with Gasteiger partial charge in [0.25, 0.3) is 11.8 Å². The van der Waals surface area contributed by atoms with Crippen LogP contribution in [-0.4, -0.2) is 66.5 Å². The van der Waals surface area contributed by atoms with E-state index in [0.717, 1.165) is 12.8 Å². The van der Waals surface area contributed by atoms with Crippen molar-refractivity contribution in [3.05, 3.63) is 29.5 Å². The predicted molar refractivity (Wildman–Crippen MR) is 130 cm³/mol. The van der Waals surface area contributed by atoms with Crippen molar-refractivity contribution in [1.29, 1.82) is 0 Å². The number of nitrogens with two attached hydrogens (primary N) is 1. The normalized spacial score (nSPS) is 22.7. The summed E-state index contributed by atoms with van der Waals surface area (Å²) in [5, 5.41) is 3.32. The zero-order chi connectivity index (χ0) is 26.2. The van der Waals surface area contributed by atoms with Crippen LogP contribution in [0.4, 0.5) is 8.78 Å². The molecule has 0 spiro atoms. The lowest BCUT2D eigenvalue weighted by atomic mass is 9.80. The van der Waals surface area contributed by atoms with Crippen molar-refractivity contribution in [3.8, 4) is 23.5 Å². The van der Waals surface area contributed by atoms with E-state index in [2.05, 4.69) is 27.0 Å². The van der Waals surface area contributed by atoms with Gasteiger partial charge in [0.05, 0.1) is 23.3 Å². The summed E-state index contributed by atoms with van der Waals surface area (Å²) < 4.78 is 38.8. The van der Waals surface area contributed by atoms with Crippen molar-refractivity contribution in [1.82, 2.24) is 15.2 Å². The molecule has 1 aliphatic heterocycles. The van der Waals surface area contributed by atoms with Gasteiger partial charge in [0.15, 0.2) is 0 Å². The average molecular weight is 501 g/mol. The van der Waals surface area contributed by atoms with Crippen LogP contribution < -0.4 is 20.5 Å². The molecule has 4 rings (SSSR count). The van der Waals surface area contributed by atoms with Crippen LogP contribution >= 0.6 is 0 Å². The molecule has 36 heavy (non-hydrogen) atoms. The number of pyridine rings is 1. The van der Waals surface area contributed by atoms with E-state index in [1.165, 1.54) is 6.20 Å². The van der Waals surface area contributed by atoms with Gasteiger partial charge in [0.2, 0.25) is 5.88 Å². The highest BCUT2D eigenvalue weighted by Gasteiger charge is 2.48. The van der Waals surface area contributed by atoms with Gasteiger partial charge in [-0.15, -0.1) is 0 Å². The van der Waals surface area contributed by atoms with Gasteiger partial charge in [-0.2, -0.15) is 8.78 Å². The molecule has 2 heterocycles. The SMILES string of the molecule is CC(C)Oc1cc2c(OCC3CC(F)(F)C(=O)N3)ncc(C#CC3CC(N(C)C)C3)c2cc1C(N)=O. The van der Waals surface area contributed by atoms with Gasteiger partial charge in [-0.1, -0.05) is 11.8 Å². The molecule has 0 radical (unpaired) electrons. The summed E-state index contributed by atoms with van der Waals surface area (Å²) in [7, 11) is 4.09. The first kappa shape index (κ1) is 25.6. The molecule has 3 N–H and O–H groups in total. The van der Waals surface area contributed by atoms with Crippen molar-refractivity contribution >= 4 is 22.6 Å². The van der Waals surface area contributed by atoms with E-state index < -0.39 is 30.2 Å². The number of amides is 2. The molecule has 192 valence electrons. The summed E-state index contributed by atoms with van der Waals surface area (Å²) in [6.45, 7) is 3.44. The van der Waals surface area contributed by atoms with Crippen molar-refractivity contribution < 1.29 is 27.8 Å². The number of carbonyl (C=O) groups is 2. The van der Waals surface area contributed by atoms with Crippen LogP contribution in [0.5, 0.6) is 11.6 Å². The van der Waals surface area contributed by atoms with Crippen molar-refractivity contribution in [2.75, 3.05) is 20.7 Å². The number of alkyl halides is 2. The number of aromatic nitrogens is 1. The molecule has 2 aliphatic rings. The summed E-state index contributed by atoms with van der Waals surface area (Å²) in [5.74, 6) is 1.74. The Bertz CT molecular complexity index is 1250. The maximum atomic E-state index is 13.6. The Labute approximate surface area is 208 Å². The molecular formula is C26H30F2N4O4. The van der Waals surface area contributed by atoms with Crippen LogP contribution in [0.2, 0.25) is 0 Å². The van der Waals surface area contributed by atoms with Gasteiger partial charge < -0.3 is 25.4 Å². The molecule has 1 aromatic heterocycles. The number of hydrogen-bond acceptors (Lipinski definition) is 6. The third-order valence-electron chi connectivity index (χ3n) is 6.43. The molecule has 1 unspecified atom stereocenters. The Morgan fingerprint density at radius 1 is 1.31 bits per heavy atom. The quantitative estimate of drug-likeness (QED) is 0.567. The van der Waals surface area contributed by atoms with Crippen molar-refractivity contribution in [3.63, 3.8) is 0 Å².